The predicted molar refractivity (Wildman–Crippen MR) is 72.1 cm³/mol. The number of anilines is 1. The van der Waals surface area contributed by atoms with Crippen molar-refractivity contribution < 1.29 is 5.21 Å². The molecule has 0 bridgehead atoms. The molecule has 0 fully saturated rings. The molecule has 0 radical (unpaired) electrons. The molecule has 92 valence electrons. The number of benzene rings is 1. The molecule has 0 spiro atoms. The van der Waals surface area contributed by atoms with Crippen molar-refractivity contribution in [1.29, 1.82) is 0 Å². The monoisotopic (exact) mass is 241 g/mol. The normalized spacial score (nSPS) is 10.7. The molecular weight excluding hydrogens is 226 g/mol. The number of nitrogens with zero attached hydrogens (tertiary/aromatic N) is 2. The number of aryl methyl sites for hydroxylation is 1. The lowest BCUT2D eigenvalue weighted by atomic mass is 10.2. The number of rotatable bonds is 4. The third-order valence-electron chi connectivity index (χ3n) is 2.66. The average molecular weight is 241 g/mol. The number of pyridine rings is 1. The maximum atomic E-state index is 8.49. The smallest absolute Gasteiger partial charge is 0.126 e. The van der Waals surface area contributed by atoms with Crippen molar-refractivity contribution >= 4 is 12.0 Å². The summed E-state index contributed by atoms with van der Waals surface area (Å²) in [5.74, 6) is 0.812. The second kappa shape index (κ2) is 5.82. The van der Waals surface area contributed by atoms with E-state index >= 15 is 0 Å². The summed E-state index contributed by atoms with van der Waals surface area (Å²) in [6, 6.07) is 12.1. The van der Waals surface area contributed by atoms with Crippen molar-refractivity contribution in [1.82, 2.24) is 4.98 Å². The molecule has 0 saturated heterocycles. The first kappa shape index (κ1) is 12.1. The Morgan fingerprint density at radius 1 is 1.33 bits per heavy atom. The molecule has 2 aromatic rings. The minimum atomic E-state index is 0.737. The molecule has 4 nitrogen and oxygen atoms in total. The minimum Gasteiger partial charge on any atom is -0.411 e. The van der Waals surface area contributed by atoms with Gasteiger partial charge in [-0.05, 0) is 24.1 Å². The van der Waals surface area contributed by atoms with Crippen LogP contribution in [0.25, 0.3) is 0 Å². The van der Waals surface area contributed by atoms with E-state index in [2.05, 4.69) is 27.6 Å². The Morgan fingerprint density at radius 2 is 2.11 bits per heavy atom. The summed E-state index contributed by atoms with van der Waals surface area (Å²) in [4.78, 5) is 4.26. The lowest BCUT2D eigenvalue weighted by molar-refractivity contribution is 0.322. The summed E-state index contributed by atoms with van der Waals surface area (Å²) in [5, 5.41) is 14.7. The second-order valence-corrected chi connectivity index (χ2v) is 4.01. The van der Waals surface area contributed by atoms with Crippen LogP contribution in [0.15, 0.2) is 47.8 Å². The van der Waals surface area contributed by atoms with Crippen molar-refractivity contribution in [3.8, 4) is 0 Å². The van der Waals surface area contributed by atoms with Crippen molar-refractivity contribution in [2.75, 3.05) is 5.32 Å². The van der Waals surface area contributed by atoms with Gasteiger partial charge in [0.25, 0.3) is 0 Å². The molecule has 0 aliphatic heterocycles. The van der Waals surface area contributed by atoms with Crippen LogP contribution < -0.4 is 5.32 Å². The number of hydrogen-bond acceptors (Lipinski definition) is 4. The summed E-state index contributed by atoms with van der Waals surface area (Å²) in [5.41, 5.74) is 3.03. The van der Waals surface area contributed by atoms with Gasteiger partial charge in [-0.25, -0.2) is 4.98 Å². The van der Waals surface area contributed by atoms with Gasteiger partial charge >= 0.3 is 0 Å². The summed E-state index contributed by atoms with van der Waals surface area (Å²) in [7, 11) is 0. The minimum absolute atomic E-state index is 0.737. The van der Waals surface area contributed by atoms with E-state index in [1.54, 1.807) is 6.20 Å². The molecule has 1 aromatic carbocycles. The van der Waals surface area contributed by atoms with Crippen LogP contribution in [-0.2, 0) is 6.54 Å². The van der Waals surface area contributed by atoms with Gasteiger partial charge in [0.15, 0.2) is 0 Å². The first-order valence-electron chi connectivity index (χ1n) is 5.71. The van der Waals surface area contributed by atoms with Crippen LogP contribution in [-0.4, -0.2) is 16.4 Å². The molecule has 0 saturated carbocycles. The SMILES string of the molecule is Cc1cc(NCc2ccccc2)ncc1/C=N/O. The highest BCUT2D eigenvalue weighted by Gasteiger charge is 1.99. The Bertz CT molecular complexity index is 538. The Labute approximate surface area is 106 Å². The summed E-state index contributed by atoms with van der Waals surface area (Å²) in [6.07, 6.45) is 3.06. The molecule has 1 heterocycles. The van der Waals surface area contributed by atoms with Crippen LogP contribution in [0.4, 0.5) is 5.82 Å². The van der Waals surface area contributed by atoms with E-state index < -0.39 is 0 Å². The predicted octanol–water partition coefficient (Wildman–Crippen LogP) is 2.81. The molecule has 2 N–H and O–H groups in total. The fourth-order valence-corrected chi connectivity index (χ4v) is 1.65. The van der Waals surface area contributed by atoms with Gasteiger partial charge in [-0.15, -0.1) is 0 Å². The fourth-order valence-electron chi connectivity index (χ4n) is 1.65. The number of aromatic nitrogens is 1. The van der Waals surface area contributed by atoms with Gasteiger partial charge in [-0.2, -0.15) is 0 Å². The molecule has 0 atom stereocenters. The fraction of sp³-hybridized carbons (Fsp3) is 0.143. The Balaban J connectivity index is 2.04. The molecule has 0 aliphatic rings. The molecule has 4 heteroatoms. The van der Waals surface area contributed by atoms with Crippen LogP contribution >= 0.6 is 0 Å². The first-order valence-corrected chi connectivity index (χ1v) is 5.71. The third-order valence-corrected chi connectivity index (χ3v) is 2.66. The molecule has 0 unspecified atom stereocenters. The van der Waals surface area contributed by atoms with Crippen LogP contribution in [0.3, 0.4) is 0 Å². The van der Waals surface area contributed by atoms with E-state index in [1.165, 1.54) is 11.8 Å². The lowest BCUT2D eigenvalue weighted by Gasteiger charge is -2.07. The van der Waals surface area contributed by atoms with Crippen LogP contribution in [0.5, 0.6) is 0 Å². The summed E-state index contributed by atoms with van der Waals surface area (Å²) in [6.45, 7) is 2.69. The van der Waals surface area contributed by atoms with Gasteiger partial charge < -0.3 is 10.5 Å². The van der Waals surface area contributed by atoms with Gasteiger partial charge in [-0.1, -0.05) is 35.5 Å². The van der Waals surface area contributed by atoms with Gasteiger partial charge in [0, 0.05) is 18.3 Å². The van der Waals surface area contributed by atoms with E-state index in [0.29, 0.717) is 0 Å². The van der Waals surface area contributed by atoms with E-state index in [-0.39, 0.29) is 0 Å². The zero-order chi connectivity index (χ0) is 12.8. The highest BCUT2D eigenvalue weighted by atomic mass is 16.4. The molecule has 0 amide bonds. The van der Waals surface area contributed by atoms with Crippen molar-refractivity contribution in [2.45, 2.75) is 13.5 Å². The Hall–Kier alpha value is -2.36. The topological polar surface area (TPSA) is 57.5 Å². The first-order chi connectivity index (χ1) is 8.79. The van der Waals surface area contributed by atoms with E-state index in [4.69, 9.17) is 5.21 Å². The maximum Gasteiger partial charge on any atom is 0.126 e. The van der Waals surface area contributed by atoms with Crippen LogP contribution in [0.1, 0.15) is 16.7 Å². The summed E-state index contributed by atoms with van der Waals surface area (Å²) >= 11 is 0. The van der Waals surface area contributed by atoms with Gasteiger partial charge in [0.05, 0.1) is 6.21 Å². The van der Waals surface area contributed by atoms with Gasteiger partial charge in [-0.3, -0.25) is 0 Å². The molecule has 0 aliphatic carbocycles. The quantitative estimate of drug-likeness (QED) is 0.491. The lowest BCUT2D eigenvalue weighted by Crippen LogP contribution is -2.02. The largest absolute Gasteiger partial charge is 0.411 e. The van der Waals surface area contributed by atoms with Crippen LogP contribution in [0, 0.1) is 6.92 Å². The molecular formula is C14H15N3O. The highest BCUT2D eigenvalue weighted by Crippen LogP contribution is 2.11. The van der Waals surface area contributed by atoms with Crippen LogP contribution in [0.2, 0.25) is 0 Å². The van der Waals surface area contributed by atoms with Crippen molar-refractivity contribution in [3.05, 3.63) is 59.3 Å². The summed E-state index contributed by atoms with van der Waals surface area (Å²) < 4.78 is 0. The standard InChI is InChI=1S/C14H15N3O/c1-11-7-14(16-9-13(11)10-17-18)15-8-12-5-3-2-4-6-12/h2-7,9-10,18H,8H2,1H3,(H,15,16)/b17-10+. The number of oxime groups is 1. The molecule has 18 heavy (non-hydrogen) atoms. The zero-order valence-corrected chi connectivity index (χ0v) is 10.2. The van der Waals surface area contributed by atoms with Gasteiger partial charge in [0.1, 0.15) is 5.82 Å². The number of hydrogen-bond donors (Lipinski definition) is 2. The number of nitrogens with one attached hydrogen (secondary N) is 1. The van der Waals surface area contributed by atoms with E-state index in [0.717, 1.165) is 23.5 Å². The van der Waals surface area contributed by atoms with Crippen molar-refractivity contribution in [3.63, 3.8) is 0 Å². The molecule has 2 rings (SSSR count). The Kier molecular flexibility index (Phi) is 3.91. The highest BCUT2D eigenvalue weighted by molar-refractivity contribution is 5.81. The molecule has 1 aromatic heterocycles. The van der Waals surface area contributed by atoms with E-state index in [1.807, 2.05) is 31.2 Å². The second-order valence-electron chi connectivity index (χ2n) is 4.01. The maximum absolute atomic E-state index is 8.49. The van der Waals surface area contributed by atoms with Crippen molar-refractivity contribution in [2.24, 2.45) is 5.16 Å². The third kappa shape index (κ3) is 3.07. The van der Waals surface area contributed by atoms with Gasteiger partial charge in [0.2, 0.25) is 0 Å². The van der Waals surface area contributed by atoms with E-state index in [9.17, 15) is 0 Å². The zero-order valence-electron chi connectivity index (χ0n) is 10.2. The Morgan fingerprint density at radius 3 is 2.78 bits per heavy atom. The average Bonchev–Trinajstić information content (AvgIpc) is 2.41.